The fourth-order valence-electron chi connectivity index (χ4n) is 2.76. The second-order valence-corrected chi connectivity index (χ2v) is 6.69. The molecule has 10 heteroatoms. The maximum atomic E-state index is 13.7. The number of hydrogen-bond donors (Lipinski definition) is 1. The Bertz CT molecular complexity index is 1110. The van der Waals surface area contributed by atoms with Gasteiger partial charge in [-0.2, -0.15) is 13.2 Å². The van der Waals surface area contributed by atoms with E-state index in [0.29, 0.717) is 11.1 Å². The average molecular weight is 449 g/mol. The molecule has 0 aliphatic rings. The van der Waals surface area contributed by atoms with Gasteiger partial charge >= 0.3 is 6.18 Å². The lowest BCUT2D eigenvalue weighted by Crippen LogP contribution is -2.08. The fourth-order valence-corrected chi connectivity index (χ4v) is 2.76. The summed E-state index contributed by atoms with van der Waals surface area (Å²) in [6, 6.07) is 9.08. The maximum absolute atomic E-state index is 13.7. The first-order valence-corrected chi connectivity index (χ1v) is 9.33. The van der Waals surface area contributed by atoms with E-state index in [1.54, 1.807) is 10.6 Å². The molecule has 0 unspecified atom stereocenters. The maximum Gasteiger partial charge on any atom is 0.416 e. The Morgan fingerprint density at radius 1 is 1.22 bits per heavy atom. The molecular formula is C22H19F4N3O3. The minimum Gasteiger partial charge on any atom is -0.464 e. The summed E-state index contributed by atoms with van der Waals surface area (Å²) in [7, 11) is 1.41. The summed E-state index contributed by atoms with van der Waals surface area (Å²) >= 11 is 0. The van der Waals surface area contributed by atoms with E-state index in [4.69, 9.17) is 9.47 Å². The van der Waals surface area contributed by atoms with Crippen LogP contribution < -0.4 is 10.1 Å². The van der Waals surface area contributed by atoms with E-state index < -0.39 is 23.5 Å². The van der Waals surface area contributed by atoms with Crippen molar-refractivity contribution in [3.05, 3.63) is 83.6 Å². The van der Waals surface area contributed by atoms with Crippen LogP contribution in [0.15, 0.2) is 61.1 Å². The van der Waals surface area contributed by atoms with E-state index in [1.165, 1.54) is 56.1 Å². The molecule has 32 heavy (non-hydrogen) atoms. The van der Waals surface area contributed by atoms with Gasteiger partial charge in [-0.05, 0) is 41.5 Å². The molecule has 168 valence electrons. The van der Waals surface area contributed by atoms with Gasteiger partial charge in [-0.15, -0.1) is 0 Å². The fraction of sp³-hybridized carbons (Fsp3) is 0.182. The van der Waals surface area contributed by atoms with Crippen LogP contribution in [0.2, 0.25) is 0 Å². The number of methoxy groups -OCH3 is 1. The lowest BCUT2D eigenvalue weighted by Gasteiger charge is -2.09. The quantitative estimate of drug-likeness (QED) is 0.307. The third-order valence-electron chi connectivity index (χ3n) is 4.22. The number of halogens is 4. The molecule has 3 aromatic rings. The number of hydrogen-bond acceptors (Lipinski definition) is 4. The van der Waals surface area contributed by atoms with Gasteiger partial charge in [-0.1, -0.05) is 18.2 Å². The number of carbonyl (C=O) groups is 1. The van der Waals surface area contributed by atoms with E-state index in [2.05, 4.69) is 10.3 Å². The molecule has 0 saturated heterocycles. The molecule has 0 fully saturated rings. The van der Waals surface area contributed by atoms with Gasteiger partial charge in [0.15, 0.2) is 24.2 Å². The van der Waals surface area contributed by atoms with Gasteiger partial charge < -0.3 is 19.4 Å². The van der Waals surface area contributed by atoms with Crippen molar-refractivity contribution in [3.63, 3.8) is 0 Å². The largest absolute Gasteiger partial charge is 0.464 e. The lowest BCUT2D eigenvalue weighted by molar-refractivity contribution is -0.137. The summed E-state index contributed by atoms with van der Waals surface area (Å²) in [5.41, 5.74) is 0.242. The Morgan fingerprint density at radius 3 is 2.78 bits per heavy atom. The van der Waals surface area contributed by atoms with E-state index in [0.717, 1.165) is 12.1 Å². The highest BCUT2D eigenvalue weighted by atomic mass is 19.4. The number of amides is 1. The SMILES string of the molecule is COCOc1cc(/C=C/C(=O)Nc2cn(Cc3cccc(C(F)(F)F)c3)cn2)ccc1F. The Labute approximate surface area is 181 Å². The van der Waals surface area contributed by atoms with Crippen molar-refractivity contribution in [1.29, 1.82) is 0 Å². The zero-order valence-electron chi connectivity index (χ0n) is 16.9. The van der Waals surface area contributed by atoms with Crippen LogP contribution in [0.25, 0.3) is 6.08 Å². The topological polar surface area (TPSA) is 65.4 Å². The smallest absolute Gasteiger partial charge is 0.416 e. The molecule has 1 heterocycles. The molecule has 0 radical (unpaired) electrons. The van der Waals surface area contributed by atoms with Crippen molar-refractivity contribution in [2.75, 3.05) is 19.2 Å². The first kappa shape index (κ1) is 23.0. The number of rotatable bonds is 8. The van der Waals surface area contributed by atoms with Gasteiger partial charge in [0.1, 0.15) is 0 Å². The summed E-state index contributed by atoms with van der Waals surface area (Å²) in [4.78, 5) is 16.2. The number of anilines is 1. The van der Waals surface area contributed by atoms with Gasteiger partial charge in [0, 0.05) is 25.9 Å². The number of nitrogens with zero attached hydrogens (tertiary/aromatic N) is 2. The van der Waals surface area contributed by atoms with Crippen molar-refractivity contribution in [1.82, 2.24) is 9.55 Å². The third kappa shape index (κ3) is 6.42. The van der Waals surface area contributed by atoms with Crippen molar-refractivity contribution in [2.24, 2.45) is 0 Å². The predicted molar refractivity (Wildman–Crippen MR) is 109 cm³/mol. The van der Waals surface area contributed by atoms with Crippen LogP contribution >= 0.6 is 0 Å². The van der Waals surface area contributed by atoms with Crippen LogP contribution in [0.1, 0.15) is 16.7 Å². The number of imidazole rings is 1. The van der Waals surface area contributed by atoms with Gasteiger partial charge in [-0.25, -0.2) is 9.37 Å². The summed E-state index contributed by atoms with van der Waals surface area (Å²) in [5.74, 6) is -0.828. The Morgan fingerprint density at radius 2 is 2.03 bits per heavy atom. The normalized spacial score (nSPS) is 11.7. The second-order valence-electron chi connectivity index (χ2n) is 6.69. The number of alkyl halides is 3. The summed E-state index contributed by atoms with van der Waals surface area (Å²) in [6.07, 6.45) is 1.18. The molecule has 0 atom stereocenters. The van der Waals surface area contributed by atoms with Gasteiger partial charge in [0.05, 0.1) is 11.9 Å². The number of nitrogens with one attached hydrogen (secondary N) is 1. The molecular weight excluding hydrogens is 430 g/mol. The average Bonchev–Trinajstić information content (AvgIpc) is 3.18. The van der Waals surface area contributed by atoms with Crippen molar-refractivity contribution < 1.29 is 31.8 Å². The molecule has 0 aliphatic heterocycles. The van der Waals surface area contributed by atoms with Crippen molar-refractivity contribution >= 4 is 17.8 Å². The molecule has 0 saturated carbocycles. The van der Waals surface area contributed by atoms with E-state index in [9.17, 15) is 22.4 Å². The van der Waals surface area contributed by atoms with Crippen molar-refractivity contribution in [3.8, 4) is 5.75 Å². The van der Waals surface area contributed by atoms with Crippen LogP contribution in [-0.4, -0.2) is 29.4 Å². The summed E-state index contributed by atoms with van der Waals surface area (Å²) in [6.45, 7) is 0.0379. The van der Waals surface area contributed by atoms with Crippen LogP contribution in [0, 0.1) is 5.82 Å². The zero-order chi connectivity index (χ0) is 23.1. The third-order valence-corrected chi connectivity index (χ3v) is 4.22. The van der Waals surface area contributed by atoms with Gasteiger partial charge in [-0.3, -0.25) is 4.79 Å². The molecule has 0 spiro atoms. The summed E-state index contributed by atoms with van der Waals surface area (Å²) in [5, 5.41) is 2.55. The number of ether oxygens (including phenoxy) is 2. The van der Waals surface area contributed by atoms with Crippen molar-refractivity contribution in [2.45, 2.75) is 12.7 Å². The number of benzene rings is 2. The molecule has 6 nitrogen and oxygen atoms in total. The Kier molecular flexibility index (Phi) is 7.26. The van der Waals surface area contributed by atoms with Crippen LogP contribution in [0.5, 0.6) is 5.75 Å². The zero-order valence-corrected chi connectivity index (χ0v) is 16.9. The van der Waals surface area contributed by atoms with Crippen LogP contribution in [-0.2, 0) is 22.3 Å². The minimum atomic E-state index is -4.42. The first-order chi connectivity index (χ1) is 15.2. The molecule has 1 N–H and O–H groups in total. The van der Waals surface area contributed by atoms with E-state index in [1.807, 2.05) is 0 Å². The highest BCUT2D eigenvalue weighted by molar-refractivity contribution is 6.01. The molecule has 1 aromatic heterocycles. The molecule has 2 aromatic carbocycles. The van der Waals surface area contributed by atoms with Crippen LogP contribution in [0.4, 0.5) is 23.4 Å². The van der Waals surface area contributed by atoms with Gasteiger partial charge in [0.25, 0.3) is 0 Å². The molecule has 0 aliphatic carbocycles. The Hall–Kier alpha value is -3.66. The number of aromatic nitrogens is 2. The van der Waals surface area contributed by atoms with E-state index >= 15 is 0 Å². The highest BCUT2D eigenvalue weighted by Crippen LogP contribution is 2.29. The molecule has 0 bridgehead atoms. The first-order valence-electron chi connectivity index (χ1n) is 9.33. The monoisotopic (exact) mass is 449 g/mol. The minimum absolute atomic E-state index is 0.0113. The predicted octanol–water partition coefficient (Wildman–Crippen LogP) is 4.72. The number of carbonyl (C=O) groups excluding carboxylic acids is 1. The second kappa shape index (κ2) is 10.1. The Balaban J connectivity index is 1.60. The molecule has 3 rings (SSSR count). The summed E-state index contributed by atoms with van der Waals surface area (Å²) < 4.78 is 63.6. The standard InChI is InChI=1S/C22H19F4N3O3/c1-31-14-32-19-10-15(5-7-18(19)23)6-8-21(30)28-20-12-29(13-27-20)11-16-3-2-4-17(9-16)22(24,25)26/h2-10,12-13H,11,14H2,1H3,(H,28,30)/b8-6+. The van der Waals surface area contributed by atoms with E-state index in [-0.39, 0.29) is 24.9 Å². The highest BCUT2D eigenvalue weighted by Gasteiger charge is 2.30. The lowest BCUT2D eigenvalue weighted by atomic mass is 10.1. The van der Waals surface area contributed by atoms with Crippen LogP contribution in [0.3, 0.4) is 0 Å². The van der Waals surface area contributed by atoms with Gasteiger partial charge in [0.2, 0.25) is 5.91 Å². The molecule has 1 amide bonds.